The van der Waals surface area contributed by atoms with Crippen LogP contribution < -0.4 is 0 Å². The van der Waals surface area contributed by atoms with E-state index in [-0.39, 0.29) is 5.12 Å². The maximum absolute atomic E-state index is 10.3. The molecule has 0 aliphatic heterocycles. The molecule has 1 aromatic rings. The van der Waals surface area contributed by atoms with E-state index in [1.807, 2.05) is 0 Å². The first-order valence-electron chi connectivity index (χ1n) is 1.90. The van der Waals surface area contributed by atoms with Crippen LogP contribution in [0.25, 0.3) is 0 Å². The number of nitrogens with zero attached hydrogens (tertiary/aromatic N) is 1. The van der Waals surface area contributed by atoms with Gasteiger partial charge < -0.3 is 17.4 Å². The SMILES string of the molecule is O=C([S-])c1cncs1. The van der Waals surface area contributed by atoms with E-state index in [1.165, 1.54) is 17.5 Å². The summed E-state index contributed by atoms with van der Waals surface area (Å²) in [5, 5.41) is -0.326. The molecule has 0 unspecified atom stereocenters. The average molecular weight is 144 g/mol. The van der Waals surface area contributed by atoms with Crippen LogP contribution >= 0.6 is 11.3 Å². The molecule has 0 spiro atoms. The maximum Gasteiger partial charge on any atom is 0.0798 e. The molecule has 0 aromatic carbocycles. The highest BCUT2D eigenvalue weighted by atomic mass is 32.1. The molecule has 0 amide bonds. The fraction of sp³-hybridized carbons (Fsp3) is 0. The Morgan fingerprint density at radius 1 is 1.88 bits per heavy atom. The first kappa shape index (κ1) is 5.65. The molecule has 0 atom stereocenters. The molecule has 0 radical (unpaired) electrons. The highest BCUT2D eigenvalue weighted by Crippen LogP contribution is 2.03. The van der Waals surface area contributed by atoms with Gasteiger partial charge in [0.1, 0.15) is 0 Å². The van der Waals surface area contributed by atoms with Crippen molar-refractivity contribution >= 4 is 29.1 Å². The molecule has 0 N–H and O–H groups in total. The molecule has 0 saturated heterocycles. The number of carbonyl (C=O) groups excluding carboxylic acids is 1. The van der Waals surface area contributed by atoms with E-state index in [2.05, 4.69) is 17.6 Å². The van der Waals surface area contributed by atoms with Crippen molar-refractivity contribution in [3.8, 4) is 0 Å². The second-order valence-electron chi connectivity index (χ2n) is 1.15. The molecule has 8 heavy (non-hydrogen) atoms. The summed E-state index contributed by atoms with van der Waals surface area (Å²) in [7, 11) is 0. The van der Waals surface area contributed by atoms with Gasteiger partial charge in [-0.05, 0) is 0 Å². The van der Waals surface area contributed by atoms with Crippen LogP contribution in [0, 0.1) is 0 Å². The van der Waals surface area contributed by atoms with Gasteiger partial charge in [-0.3, -0.25) is 4.98 Å². The third-order valence-electron chi connectivity index (χ3n) is 0.634. The molecule has 0 saturated carbocycles. The molecule has 1 rings (SSSR count). The molecule has 42 valence electrons. The zero-order chi connectivity index (χ0) is 5.98. The number of hydrogen-bond donors (Lipinski definition) is 0. The second kappa shape index (κ2) is 2.19. The third kappa shape index (κ3) is 1.02. The van der Waals surface area contributed by atoms with E-state index in [1.54, 1.807) is 5.51 Å². The van der Waals surface area contributed by atoms with Gasteiger partial charge in [0.15, 0.2) is 0 Å². The molecule has 0 aliphatic carbocycles. The van der Waals surface area contributed by atoms with E-state index in [9.17, 15) is 4.79 Å². The van der Waals surface area contributed by atoms with Crippen LogP contribution in [0.15, 0.2) is 11.7 Å². The van der Waals surface area contributed by atoms with Crippen molar-refractivity contribution in [2.24, 2.45) is 0 Å². The Kier molecular flexibility index (Phi) is 1.55. The summed E-state index contributed by atoms with van der Waals surface area (Å²) >= 11 is 5.60. The lowest BCUT2D eigenvalue weighted by molar-refractivity contribution is 0.109. The lowest BCUT2D eigenvalue weighted by Gasteiger charge is -1.93. The Hall–Kier alpha value is -0.480. The number of aromatic nitrogens is 1. The van der Waals surface area contributed by atoms with Gasteiger partial charge >= 0.3 is 0 Å². The van der Waals surface area contributed by atoms with Crippen LogP contribution in [0.2, 0.25) is 0 Å². The van der Waals surface area contributed by atoms with E-state index in [0.29, 0.717) is 4.88 Å². The molecule has 0 fully saturated rings. The van der Waals surface area contributed by atoms with Gasteiger partial charge in [-0.25, -0.2) is 0 Å². The predicted molar refractivity (Wildman–Crippen MR) is 33.8 cm³/mol. The summed E-state index contributed by atoms with van der Waals surface area (Å²) in [4.78, 5) is 14.5. The summed E-state index contributed by atoms with van der Waals surface area (Å²) in [6.07, 6.45) is 1.47. The Labute approximate surface area is 56.0 Å². The van der Waals surface area contributed by atoms with E-state index in [4.69, 9.17) is 0 Å². The zero-order valence-corrected chi connectivity index (χ0v) is 5.46. The van der Waals surface area contributed by atoms with Crippen LogP contribution in [-0.2, 0) is 12.6 Å². The molecular weight excluding hydrogens is 142 g/mol. The maximum atomic E-state index is 10.3. The minimum atomic E-state index is -0.326. The number of rotatable bonds is 1. The lowest BCUT2D eigenvalue weighted by Crippen LogP contribution is -1.85. The summed E-state index contributed by atoms with van der Waals surface area (Å²) < 4.78 is 0. The number of hydrogen-bond acceptors (Lipinski definition) is 4. The topological polar surface area (TPSA) is 30.0 Å². The number of carbonyl (C=O) groups is 1. The average Bonchev–Trinajstić information content (AvgIpc) is 2.12. The summed E-state index contributed by atoms with van der Waals surface area (Å²) in [5.74, 6) is 0. The van der Waals surface area contributed by atoms with Crippen LogP contribution in [0.4, 0.5) is 0 Å². The van der Waals surface area contributed by atoms with Crippen LogP contribution in [0.5, 0.6) is 0 Å². The van der Waals surface area contributed by atoms with Gasteiger partial charge in [0.25, 0.3) is 0 Å². The van der Waals surface area contributed by atoms with Gasteiger partial charge in [-0.2, -0.15) is 0 Å². The molecule has 1 aromatic heterocycles. The Bertz CT molecular complexity index is 182. The molecule has 2 nitrogen and oxygen atoms in total. The Balaban J connectivity index is 2.93. The van der Waals surface area contributed by atoms with Crippen molar-refractivity contribution in [1.82, 2.24) is 4.98 Å². The van der Waals surface area contributed by atoms with Crippen LogP contribution in [-0.4, -0.2) is 10.1 Å². The second-order valence-corrected chi connectivity index (χ2v) is 2.41. The molecule has 0 bridgehead atoms. The smallest absolute Gasteiger partial charge is 0.0798 e. The van der Waals surface area contributed by atoms with E-state index >= 15 is 0 Å². The fourth-order valence-electron chi connectivity index (χ4n) is 0.317. The van der Waals surface area contributed by atoms with Gasteiger partial charge in [0.2, 0.25) is 0 Å². The van der Waals surface area contributed by atoms with Crippen molar-refractivity contribution in [2.45, 2.75) is 0 Å². The summed E-state index contributed by atoms with van der Waals surface area (Å²) in [5.41, 5.74) is 1.58. The number of thiazole rings is 1. The van der Waals surface area contributed by atoms with Crippen molar-refractivity contribution < 1.29 is 4.79 Å². The summed E-state index contributed by atoms with van der Waals surface area (Å²) in [6, 6.07) is 0. The fourth-order valence-corrected chi connectivity index (χ4v) is 0.967. The molecule has 1 heterocycles. The quantitative estimate of drug-likeness (QED) is 0.547. The molecule has 0 aliphatic rings. The van der Waals surface area contributed by atoms with E-state index < -0.39 is 0 Å². The molecular formula is C4H2NOS2-. The lowest BCUT2D eigenvalue weighted by atomic mass is 10.6. The Morgan fingerprint density at radius 2 is 2.62 bits per heavy atom. The minimum absolute atomic E-state index is 0.326. The van der Waals surface area contributed by atoms with E-state index in [0.717, 1.165) is 0 Å². The van der Waals surface area contributed by atoms with Crippen molar-refractivity contribution in [2.75, 3.05) is 0 Å². The Morgan fingerprint density at radius 3 is 2.88 bits per heavy atom. The van der Waals surface area contributed by atoms with Gasteiger partial charge in [-0.15, -0.1) is 11.3 Å². The molecule has 4 heteroatoms. The van der Waals surface area contributed by atoms with Crippen molar-refractivity contribution in [3.05, 3.63) is 16.6 Å². The summed E-state index contributed by atoms with van der Waals surface area (Å²) in [6.45, 7) is 0. The van der Waals surface area contributed by atoms with Crippen LogP contribution in [0.3, 0.4) is 0 Å². The first-order valence-corrected chi connectivity index (χ1v) is 3.19. The van der Waals surface area contributed by atoms with Gasteiger partial charge in [0, 0.05) is 6.20 Å². The van der Waals surface area contributed by atoms with Crippen molar-refractivity contribution in [1.29, 1.82) is 0 Å². The minimum Gasteiger partial charge on any atom is -0.736 e. The normalized spacial score (nSPS) is 9.00. The van der Waals surface area contributed by atoms with Gasteiger partial charge in [0.05, 0.1) is 15.5 Å². The van der Waals surface area contributed by atoms with Gasteiger partial charge in [-0.1, -0.05) is 0 Å². The first-order chi connectivity index (χ1) is 3.80. The highest BCUT2D eigenvalue weighted by Gasteiger charge is 1.89. The van der Waals surface area contributed by atoms with Crippen molar-refractivity contribution in [3.63, 3.8) is 0 Å². The largest absolute Gasteiger partial charge is 0.736 e. The highest BCUT2D eigenvalue weighted by molar-refractivity contribution is 7.78. The predicted octanol–water partition coefficient (Wildman–Crippen LogP) is 0.830. The standard InChI is InChI=1S/C4H3NOS2/c6-4(7)3-1-5-2-8-3/h1-2H,(H,6,7)/p-1. The third-order valence-corrected chi connectivity index (χ3v) is 1.75. The zero-order valence-electron chi connectivity index (χ0n) is 3.83. The monoisotopic (exact) mass is 144 g/mol. The van der Waals surface area contributed by atoms with Crippen LogP contribution in [0.1, 0.15) is 9.67 Å².